The SMILES string of the molecule is Cc1cc(C)c(NC2CCNCC2)cc1C. The minimum absolute atomic E-state index is 0.641. The first kappa shape index (κ1) is 11.5. The van der Waals surface area contributed by atoms with Crippen LogP contribution in [0.2, 0.25) is 0 Å². The maximum Gasteiger partial charge on any atom is 0.0374 e. The predicted octanol–water partition coefficient (Wildman–Crippen LogP) is 2.78. The second kappa shape index (κ2) is 4.88. The van der Waals surface area contributed by atoms with Crippen LogP contribution >= 0.6 is 0 Å². The van der Waals surface area contributed by atoms with Crippen LogP contribution in [-0.4, -0.2) is 19.1 Å². The standard InChI is InChI=1S/C14H22N2/c1-10-8-12(3)14(9-11(10)2)16-13-4-6-15-7-5-13/h8-9,13,15-16H,4-7H2,1-3H3. The fourth-order valence-corrected chi connectivity index (χ4v) is 2.30. The quantitative estimate of drug-likeness (QED) is 0.797. The van der Waals surface area contributed by atoms with Crippen molar-refractivity contribution in [3.8, 4) is 0 Å². The van der Waals surface area contributed by atoms with E-state index in [4.69, 9.17) is 0 Å². The summed E-state index contributed by atoms with van der Waals surface area (Å²) in [5.41, 5.74) is 5.44. The summed E-state index contributed by atoms with van der Waals surface area (Å²) in [5, 5.41) is 7.07. The zero-order chi connectivity index (χ0) is 11.5. The van der Waals surface area contributed by atoms with E-state index in [2.05, 4.69) is 43.5 Å². The van der Waals surface area contributed by atoms with E-state index in [9.17, 15) is 0 Å². The van der Waals surface area contributed by atoms with Crippen molar-refractivity contribution >= 4 is 5.69 Å². The van der Waals surface area contributed by atoms with Crippen LogP contribution in [-0.2, 0) is 0 Å². The first-order chi connectivity index (χ1) is 7.66. The summed E-state index contributed by atoms with van der Waals surface area (Å²) < 4.78 is 0. The lowest BCUT2D eigenvalue weighted by Gasteiger charge is -2.26. The average molecular weight is 218 g/mol. The van der Waals surface area contributed by atoms with Gasteiger partial charge in [-0.25, -0.2) is 0 Å². The van der Waals surface area contributed by atoms with Gasteiger partial charge >= 0.3 is 0 Å². The third-order valence-electron chi connectivity index (χ3n) is 3.54. The largest absolute Gasteiger partial charge is 0.382 e. The number of rotatable bonds is 2. The fraction of sp³-hybridized carbons (Fsp3) is 0.571. The number of nitrogens with one attached hydrogen (secondary N) is 2. The lowest BCUT2D eigenvalue weighted by molar-refractivity contribution is 0.479. The van der Waals surface area contributed by atoms with Crippen LogP contribution in [0.1, 0.15) is 29.5 Å². The van der Waals surface area contributed by atoms with Gasteiger partial charge in [0, 0.05) is 11.7 Å². The molecular formula is C14H22N2. The van der Waals surface area contributed by atoms with Gasteiger partial charge in [-0.15, -0.1) is 0 Å². The zero-order valence-electron chi connectivity index (χ0n) is 10.6. The Hall–Kier alpha value is -1.02. The maximum absolute atomic E-state index is 3.68. The van der Waals surface area contributed by atoms with E-state index in [1.54, 1.807) is 0 Å². The highest BCUT2D eigenvalue weighted by atomic mass is 15.0. The number of piperidine rings is 1. The summed E-state index contributed by atoms with van der Waals surface area (Å²) in [6.45, 7) is 8.83. The van der Waals surface area contributed by atoms with Gasteiger partial charge < -0.3 is 10.6 Å². The van der Waals surface area contributed by atoms with Crippen LogP contribution in [0.4, 0.5) is 5.69 Å². The van der Waals surface area contributed by atoms with Crippen molar-refractivity contribution in [2.45, 2.75) is 39.7 Å². The zero-order valence-corrected chi connectivity index (χ0v) is 10.6. The highest BCUT2D eigenvalue weighted by Crippen LogP contribution is 2.22. The molecule has 1 fully saturated rings. The van der Waals surface area contributed by atoms with Gasteiger partial charge in [-0.3, -0.25) is 0 Å². The first-order valence-electron chi connectivity index (χ1n) is 6.22. The molecule has 0 spiro atoms. The van der Waals surface area contributed by atoms with Crippen LogP contribution in [0.3, 0.4) is 0 Å². The van der Waals surface area contributed by atoms with Gasteiger partial charge in [0.2, 0.25) is 0 Å². The molecule has 0 radical (unpaired) electrons. The summed E-state index contributed by atoms with van der Waals surface area (Å²) in [5.74, 6) is 0. The maximum atomic E-state index is 3.68. The summed E-state index contributed by atoms with van der Waals surface area (Å²) in [7, 11) is 0. The molecular weight excluding hydrogens is 196 g/mol. The number of benzene rings is 1. The molecule has 0 aromatic heterocycles. The Kier molecular flexibility index (Phi) is 3.49. The van der Waals surface area contributed by atoms with E-state index in [1.807, 2.05) is 0 Å². The molecule has 1 saturated heterocycles. The van der Waals surface area contributed by atoms with Crippen molar-refractivity contribution in [3.05, 3.63) is 28.8 Å². The second-order valence-electron chi connectivity index (χ2n) is 4.92. The van der Waals surface area contributed by atoms with Gasteiger partial charge in [-0.2, -0.15) is 0 Å². The lowest BCUT2D eigenvalue weighted by Crippen LogP contribution is -2.35. The van der Waals surface area contributed by atoms with Crippen LogP contribution in [0.25, 0.3) is 0 Å². The van der Waals surface area contributed by atoms with E-state index in [1.165, 1.54) is 35.2 Å². The Balaban J connectivity index is 2.11. The molecule has 2 N–H and O–H groups in total. The van der Waals surface area contributed by atoms with Crippen LogP contribution < -0.4 is 10.6 Å². The van der Waals surface area contributed by atoms with Gasteiger partial charge in [-0.05, 0) is 69.5 Å². The summed E-state index contributed by atoms with van der Waals surface area (Å²) in [6.07, 6.45) is 2.46. The van der Waals surface area contributed by atoms with Crippen molar-refractivity contribution in [1.29, 1.82) is 0 Å². The van der Waals surface area contributed by atoms with Gasteiger partial charge in [0.05, 0.1) is 0 Å². The molecule has 16 heavy (non-hydrogen) atoms. The topological polar surface area (TPSA) is 24.1 Å². The van der Waals surface area contributed by atoms with Gasteiger partial charge in [0.25, 0.3) is 0 Å². The number of hydrogen-bond acceptors (Lipinski definition) is 2. The Morgan fingerprint density at radius 1 is 1.00 bits per heavy atom. The molecule has 2 rings (SSSR count). The highest BCUT2D eigenvalue weighted by molar-refractivity contribution is 5.55. The van der Waals surface area contributed by atoms with Crippen LogP contribution in [0.15, 0.2) is 12.1 Å². The number of anilines is 1. The van der Waals surface area contributed by atoms with E-state index >= 15 is 0 Å². The molecule has 2 heteroatoms. The van der Waals surface area contributed by atoms with Crippen molar-refractivity contribution < 1.29 is 0 Å². The Bertz CT molecular complexity index is 365. The Morgan fingerprint density at radius 3 is 2.31 bits per heavy atom. The van der Waals surface area contributed by atoms with Gasteiger partial charge in [0.1, 0.15) is 0 Å². The molecule has 0 unspecified atom stereocenters. The highest BCUT2D eigenvalue weighted by Gasteiger charge is 2.13. The molecule has 88 valence electrons. The molecule has 0 bridgehead atoms. The summed E-state index contributed by atoms with van der Waals surface area (Å²) in [4.78, 5) is 0. The molecule has 1 aromatic carbocycles. The Labute approximate surface area is 98.4 Å². The normalized spacial score (nSPS) is 17.4. The van der Waals surface area contributed by atoms with E-state index in [0.717, 1.165) is 13.1 Å². The second-order valence-corrected chi connectivity index (χ2v) is 4.92. The molecule has 0 aliphatic carbocycles. The Morgan fingerprint density at radius 2 is 1.62 bits per heavy atom. The number of aryl methyl sites for hydroxylation is 3. The van der Waals surface area contributed by atoms with Gasteiger partial charge in [0.15, 0.2) is 0 Å². The van der Waals surface area contributed by atoms with Crippen molar-refractivity contribution in [2.75, 3.05) is 18.4 Å². The minimum atomic E-state index is 0.641. The molecule has 1 aliphatic rings. The van der Waals surface area contributed by atoms with Crippen LogP contribution in [0.5, 0.6) is 0 Å². The van der Waals surface area contributed by atoms with Crippen molar-refractivity contribution in [2.24, 2.45) is 0 Å². The van der Waals surface area contributed by atoms with Gasteiger partial charge in [-0.1, -0.05) is 6.07 Å². The molecule has 1 aliphatic heterocycles. The van der Waals surface area contributed by atoms with E-state index in [-0.39, 0.29) is 0 Å². The minimum Gasteiger partial charge on any atom is -0.382 e. The molecule has 0 amide bonds. The smallest absolute Gasteiger partial charge is 0.0374 e. The van der Waals surface area contributed by atoms with Crippen molar-refractivity contribution in [1.82, 2.24) is 5.32 Å². The monoisotopic (exact) mass is 218 g/mol. The third kappa shape index (κ3) is 2.56. The van der Waals surface area contributed by atoms with E-state index < -0.39 is 0 Å². The third-order valence-corrected chi connectivity index (χ3v) is 3.54. The predicted molar refractivity (Wildman–Crippen MR) is 70.2 cm³/mol. The van der Waals surface area contributed by atoms with Crippen molar-refractivity contribution in [3.63, 3.8) is 0 Å². The fourth-order valence-electron chi connectivity index (χ4n) is 2.30. The average Bonchev–Trinajstić information content (AvgIpc) is 2.27. The number of hydrogen-bond donors (Lipinski definition) is 2. The van der Waals surface area contributed by atoms with E-state index in [0.29, 0.717) is 6.04 Å². The molecule has 0 saturated carbocycles. The first-order valence-corrected chi connectivity index (χ1v) is 6.22. The summed E-state index contributed by atoms with van der Waals surface area (Å²) in [6, 6.07) is 5.20. The summed E-state index contributed by atoms with van der Waals surface area (Å²) >= 11 is 0. The van der Waals surface area contributed by atoms with Crippen LogP contribution in [0, 0.1) is 20.8 Å². The lowest BCUT2D eigenvalue weighted by atomic mass is 10.0. The molecule has 0 atom stereocenters. The molecule has 1 heterocycles. The molecule has 1 aromatic rings. The molecule has 2 nitrogen and oxygen atoms in total.